The van der Waals surface area contributed by atoms with Crippen LogP contribution in [-0.2, 0) is 24.4 Å². The molecule has 1 aromatic rings. The lowest BCUT2D eigenvalue weighted by molar-refractivity contribution is -0.0102. The first-order chi connectivity index (χ1) is 8.85. The van der Waals surface area contributed by atoms with E-state index in [1.807, 2.05) is 0 Å². The lowest BCUT2D eigenvalue weighted by Crippen LogP contribution is -2.45. The standard InChI is InChI=1S/C15H22N2O/c1-2-18-15-6-14(7-15)17-8-11-3-4-12-9-16-10-13(12)5-11/h3-5,14-17H,2,6-10H2,1H3. The third kappa shape index (κ3) is 2.58. The van der Waals surface area contributed by atoms with E-state index < -0.39 is 0 Å². The molecule has 2 aliphatic rings. The summed E-state index contributed by atoms with van der Waals surface area (Å²) in [5.41, 5.74) is 4.33. The minimum absolute atomic E-state index is 0.497. The van der Waals surface area contributed by atoms with Crippen molar-refractivity contribution < 1.29 is 4.74 Å². The van der Waals surface area contributed by atoms with Crippen LogP contribution in [0.3, 0.4) is 0 Å². The zero-order valence-corrected chi connectivity index (χ0v) is 11.0. The summed E-state index contributed by atoms with van der Waals surface area (Å²) in [5.74, 6) is 0. The first-order valence-corrected chi connectivity index (χ1v) is 7.01. The summed E-state index contributed by atoms with van der Waals surface area (Å²) in [6.07, 6.45) is 2.83. The van der Waals surface area contributed by atoms with E-state index in [0.717, 1.165) is 26.2 Å². The van der Waals surface area contributed by atoms with Gasteiger partial charge in [0.25, 0.3) is 0 Å². The number of hydrogen-bond acceptors (Lipinski definition) is 3. The molecule has 0 bridgehead atoms. The summed E-state index contributed by atoms with van der Waals surface area (Å²) in [5, 5.41) is 7.00. The van der Waals surface area contributed by atoms with Crippen LogP contribution in [0.4, 0.5) is 0 Å². The molecule has 1 aliphatic carbocycles. The van der Waals surface area contributed by atoms with Gasteiger partial charge in [0.05, 0.1) is 6.10 Å². The molecule has 0 unspecified atom stereocenters. The van der Waals surface area contributed by atoms with Gasteiger partial charge in [0, 0.05) is 32.3 Å². The Balaban J connectivity index is 1.47. The highest BCUT2D eigenvalue weighted by molar-refractivity contribution is 5.34. The van der Waals surface area contributed by atoms with Crippen molar-refractivity contribution in [3.63, 3.8) is 0 Å². The molecule has 0 radical (unpaired) electrons. The highest BCUT2D eigenvalue weighted by Crippen LogP contribution is 2.24. The van der Waals surface area contributed by atoms with E-state index in [4.69, 9.17) is 4.74 Å². The number of nitrogens with one attached hydrogen (secondary N) is 2. The Morgan fingerprint density at radius 3 is 2.94 bits per heavy atom. The quantitative estimate of drug-likeness (QED) is 0.833. The molecule has 1 heterocycles. The van der Waals surface area contributed by atoms with Gasteiger partial charge in [-0.05, 0) is 36.5 Å². The molecule has 0 spiro atoms. The maximum absolute atomic E-state index is 5.57. The second-order valence-electron chi connectivity index (χ2n) is 5.33. The fraction of sp³-hybridized carbons (Fsp3) is 0.600. The van der Waals surface area contributed by atoms with Crippen molar-refractivity contribution in [2.45, 2.75) is 51.5 Å². The Kier molecular flexibility index (Phi) is 3.64. The average Bonchev–Trinajstić information content (AvgIpc) is 2.79. The van der Waals surface area contributed by atoms with Gasteiger partial charge in [-0.25, -0.2) is 0 Å². The molecule has 0 amide bonds. The zero-order chi connectivity index (χ0) is 12.4. The minimum atomic E-state index is 0.497. The van der Waals surface area contributed by atoms with Crippen molar-refractivity contribution in [3.8, 4) is 0 Å². The molecule has 1 aliphatic heterocycles. The number of fused-ring (bicyclic) bond motifs is 1. The number of hydrogen-bond donors (Lipinski definition) is 2. The lowest BCUT2D eigenvalue weighted by Gasteiger charge is -2.35. The predicted molar refractivity (Wildman–Crippen MR) is 72.3 cm³/mol. The second kappa shape index (κ2) is 5.39. The molecule has 3 nitrogen and oxygen atoms in total. The SMILES string of the molecule is CCOC1CC(NCc2ccc3c(c2)CNC3)C1. The molecule has 98 valence electrons. The monoisotopic (exact) mass is 246 g/mol. The molecule has 0 aromatic heterocycles. The van der Waals surface area contributed by atoms with Gasteiger partial charge in [-0.3, -0.25) is 0 Å². The van der Waals surface area contributed by atoms with Gasteiger partial charge in [0.15, 0.2) is 0 Å². The normalized spacial score (nSPS) is 25.8. The summed E-state index contributed by atoms with van der Waals surface area (Å²) in [4.78, 5) is 0. The fourth-order valence-electron chi connectivity index (χ4n) is 2.82. The van der Waals surface area contributed by atoms with Crippen molar-refractivity contribution in [1.82, 2.24) is 10.6 Å². The number of rotatable bonds is 5. The largest absolute Gasteiger partial charge is 0.378 e. The van der Waals surface area contributed by atoms with Crippen LogP contribution in [0.15, 0.2) is 18.2 Å². The molecule has 1 aromatic carbocycles. The Bertz CT molecular complexity index is 413. The molecular formula is C15H22N2O. The minimum Gasteiger partial charge on any atom is -0.378 e. The summed E-state index contributed by atoms with van der Waals surface area (Å²) in [7, 11) is 0. The van der Waals surface area contributed by atoms with Crippen LogP contribution >= 0.6 is 0 Å². The third-order valence-electron chi connectivity index (χ3n) is 3.99. The smallest absolute Gasteiger partial charge is 0.0604 e. The van der Waals surface area contributed by atoms with Gasteiger partial charge in [0.2, 0.25) is 0 Å². The first-order valence-electron chi connectivity index (χ1n) is 7.01. The van der Waals surface area contributed by atoms with Crippen molar-refractivity contribution in [2.75, 3.05) is 6.61 Å². The third-order valence-corrected chi connectivity index (χ3v) is 3.99. The van der Waals surface area contributed by atoms with E-state index in [-0.39, 0.29) is 0 Å². The van der Waals surface area contributed by atoms with Gasteiger partial charge in [0.1, 0.15) is 0 Å². The highest BCUT2D eigenvalue weighted by Gasteiger charge is 2.28. The second-order valence-corrected chi connectivity index (χ2v) is 5.33. The van der Waals surface area contributed by atoms with Crippen LogP contribution in [0.5, 0.6) is 0 Å². The van der Waals surface area contributed by atoms with Gasteiger partial charge < -0.3 is 15.4 Å². The maximum Gasteiger partial charge on any atom is 0.0604 e. The van der Waals surface area contributed by atoms with E-state index in [9.17, 15) is 0 Å². The Morgan fingerprint density at radius 1 is 1.28 bits per heavy atom. The van der Waals surface area contributed by atoms with Crippen molar-refractivity contribution in [2.24, 2.45) is 0 Å². The molecule has 0 atom stereocenters. The molecular weight excluding hydrogens is 224 g/mol. The van der Waals surface area contributed by atoms with Gasteiger partial charge >= 0.3 is 0 Å². The first kappa shape index (κ1) is 12.2. The summed E-state index contributed by atoms with van der Waals surface area (Å²) in [6, 6.07) is 7.49. The van der Waals surface area contributed by atoms with Crippen LogP contribution in [0.2, 0.25) is 0 Å². The molecule has 3 heteroatoms. The van der Waals surface area contributed by atoms with Crippen LogP contribution in [-0.4, -0.2) is 18.8 Å². The van der Waals surface area contributed by atoms with Gasteiger partial charge in [-0.1, -0.05) is 18.2 Å². The van der Waals surface area contributed by atoms with Crippen molar-refractivity contribution >= 4 is 0 Å². The van der Waals surface area contributed by atoms with Crippen LogP contribution in [0.1, 0.15) is 36.5 Å². The van der Waals surface area contributed by atoms with Crippen molar-refractivity contribution in [1.29, 1.82) is 0 Å². The summed E-state index contributed by atoms with van der Waals surface area (Å²) < 4.78 is 5.57. The molecule has 2 N–H and O–H groups in total. The zero-order valence-electron chi connectivity index (χ0n) is 11.0. The van der Waals surface area contributed by atoms with Crippen LogP contribution < -0.4 is 10.6 Å². The summed E-state index contributed by atoms with van der Waals surface area (Å²) >= 11 is 0. The molecule has 0 saturated heterocycles. The van der Waals surface area contributed by atoms with E-state index in [1.165, 1.54) is 29.5 Å². The lowest BCUT2D eigenvalue weighted by atomic mass is 9.89. The molecule has 18 heavy (non-hydrogen) atoms. The fourth-order valence-corrected chi connectivity index (χ4v) is 2.82. The predicted octanol–water partition coefficient (Wildman–Crippen LogP) is 1.95. The highest BCUT2D eigenvalue weighted by atomic mass is 16.5. The Labute approximate surface area is 109 Å². The van der Waals surface area contributed by atoms with E-state index in [0.29, 0.717) is 12.1 Å². The molecule has 1 saturated carbocycles. The average molecular weight is 246 g/mol. The van der Waals surface area contributed by atoms with Gasteiger partial charge in [-0.2, -0.15) is 0 Å². The Morgan fingerprint density at radius 2 is 2.11 bits per heavy atom. The molecule has 1 fully saturated rings. The van der Waals surface area contributed by atoms with E-state index in [1.54, 1.807) is 0 Å². The topological polar surface area (TPSA) is 33.3 Å². The van der Waals surface area contributed by atoms with Crippen LogP contribution in [0, 0.1) is 0 Å². The Hall–Kier alpha value is -0.900. The van der Waals surface area contributed by atoms with Crippen LogP contribution in [0.25, 0.3) is 0 Å². The number of ether oxygens (including phenoxy) is 1. The molecule has 3 rings (SSSR count). The summed E-state index contributed by atoms with van der Waals surface area (Å²) in [6.45, 7) is 5.95. The van der Waals surface area contributed by atoms with Crippen molar-refractivity contribution in [3.05, 3.63) is 34.9 Å². The van der Waals surface area contributed by atoms with E-state index in [2.05, 4.69) is 35.8 Å². The number of benzene rings is 1. The van der Waals surface area contributed by atoms with Gasteiger partial charge in [-0.15, -0.1) is 0 Å². The maximum atomic E-state index is 5.57. The van der Waals surface area contributed by atoms with E-state index >= 15 is 0 Å².